The molecule has 4 aliphatic carbocycles. The van der Waals surface area contributed by atoms with E-state index in [4.69, 9.17) is 14.4 Å². The van der Waals surface area contributed by atoms with Crippen molar-refractivity contribution in [2.75, 3.05) is 67.5 Å². The third kappa shape index (κ3) is 24.1. The number of nitrogens with zero attached hydrogens (tertiary/aromatic N) is 17. The molecule has 7 fully saturated rings. The molecule has 0 radical (unpaired) electrons. The Morgan fingerprint density at radius 2 is 0.727 bits per heavy atom. The minimum absolute atomic E-state index is 0.00108. The molecule has 7 aliphatic rings. The van der Waals surface area contributed by atoms with Crippen LogP contribution in [0.4, 0.5) is 4.79 Å². The van der Waals surface area contributed by atoms with E-state index >= 15 is 0 Å². The Bertz CT molecular complexity index is 5240. The number of likely N-dealkylation sites (tertiary alicyclic amines) is 3. The number of carbonyl (C=O) groups excluding carboxylic acids is 2. The molecule has 8 aromatic rings. The number of amides is 2. The quantitative estimate of drug-likeness (QED) is 0.0413. The zero-order valence-electron chi connectivity index (χ0n) is 71.8. The van der Waals surface area contributed by atoms with E-state index in [0.29, 0.717) is 103 Å². The number of rotatable bonds is 25. The van der Waals surface area contributed by atoms with Crippen molar-refractivity contribution in [1.29, 1.82) is 0 Å². The molecule has 3 saturated heterocycles. The van der Waals surface area contributed by atoms with Crippen LogP contribution < -0.4 is 18.9 Å². The number of hydrogen-bond acceptors (Lipinski definition) is 24. The van der Waals surface area contributed by atoms with Gasteiger partial charge in [-0.1, -0.05) is 158 Å². The van der Waals surface area contributed by atoms with Crippen LogP contribution >= 0.6 is 0 Å². The van der Waals surface area contributed by atoms with Crippen LogP contribution in [0.25, 0.3) is 45.6 Å². The molecule has 3 aliphatic heterocycles. The number of aromatic nitrogens is 14. The van der Waals surface area contributed by atoms with Gasteiger partial charge in [0.05, 0.1) is 37.8 Å². The highest BCUT2D eigenvalue weighted by Gasteiger charge is 2.35. The first-order valence-corrected chi connectivity index (χ1v) is 49.3. The van der Waals surface area contributed by atoms with Gasteiger partial charge in [0.25, 0.3) is 0 Å². The van der Waals surface area contributed by atoms with Gasteiger partial charge in [-0.2, -0.15) is 19.4 Å². The van der Waals surface area contributed by atoms with Crippen LogP contribution in [0.5, 0.6) is 0 Å². The number of benzene rings is 4. The summed E-state index contributed by atoms with van der Waals surface area (Å²) >= 11 is 0. The highest BCUT2D eigenvalue weighted by molar-refractivity contribution is 7.90. The second kappa shape index (κ2) is 41.8. The van der Waals surface area contributed by atoms with Crippen molar-refractivity contribution in [2.45, 2.75) is 271 Å². The molecular weight excluding hydrogens is 1620 g/mol. The van der Waals surface area contributed by atoms with E-state index in [9.17, 15) is 43.3 Å². The molecule has 4 saturated carbocycles. The zero-order valence-corrected chi connectivity index (χ0v) is 75.1. The summed E-state index contributed by atoms with van der Waals surface area (Å²) in [6, 6.07) is 21.7. The van der Waals surface area contributed by atoms with Gasteiger partial charge in [-0.15, -0.1) is 30.6 Å². The maximum atomic E-state index is 12.5. The third-order valence-corrected chi connectivity index (χ3v) is 30.6. The van der Waals surface area contributed by atoms with Crippen molar-refractivity contribution in [3.05, 3.63) is 101 Å². The predicted molar refractivity (Wildman–Crippen MR) is 458 cm³/mol. The molecule has 7 heterocycles. The number of sulfonamides is 4. The van der Waals surface area contributed by atoms with Crippen molar-refractivity contribution < 1.29 is 52.5 Å². The summed E-state index contributed by atoms with van der Waals surface area (Å²) in [5.74, 6) is 4.78. The Labute approximate surface area is 713 Å². The van der Waals surface area contributed by atoms with Crippen molar-refractivity contribution in [3.8, 4) is 45.6 Å². The minimum atomic E-state index is -3.60. The Balaban J connectivity index is 0.000000149. The van der Waals surface area contributed by atoms with Gasteiger partial charge in [-0.25, -0.2) is 57.4 Å². The Kier molecular flexibility index (Phi) is 31.7. The van der Waals surface area contributed by atoms with E-state index in [0.717, 1.165) is 90.6 Å². The van der Waals surface area contributed by atoms with E-state index in [-0.39, 0.29) is 55.8 Å². The topological polar surface area (TPSA) is 407 Å². The fraction of sp³-hybridized carbons (Fsp3) is 0.631. The molecule has 0 spiro atoms. The van der Waals surface area contributed by atoms with Gasteiger partial charge in [0, 0.05) is 81.4 Å². The van der Waals surface area contributed by atoms with E-state index in [1.54, 1.807) is 86.6 Å². The lowest BCUT2D eigenvalue weighted by molar-refractivity contribution is -0.134. The van der Waals surface area contributed by atoms with Crippen LogP contribution in [0.15, 0.2) is 96.9 Å². The number of piperidine rings is 2. The van der Waals surface area contributed by atoms with E-state index in [1.807, 2.05) is 38.1 Å². The summed E-state index contributed by atoms with van der Waals surface area (Å²) in [4.78, 5) is 39.5. The number of nitrogens with one attached hydrogen (secondary N) is 4. The van der Waals surface area contributed by atoms with E-state index in [1.165, 1.54) is 157 Å². The lowest BCUT2D eigenvalue weighted by Crippen LogP contribution is -2.50. The first-order valence-electron chi connectivity index (χ1n) is 43.4. The van der Waals surface area contributed by atoms with Gasteiger partial charge < -0.3 is 24.0 Å². The summed E-state index contributed by atoms with van der Waals surface area (Å²) in [6.07, 6.45) is 31.5. The van der Waals surface area contributed by atoms with E-state index < -0.39 is 40.1 Å². The van der Waals surface area contributed by atoms with Crippen LogP contribution in [0, 0.1) is 30.6 Å². The van der Waals surface area contributed by atoms with Gasteiger partial charge in [0.2, 0.25) is 75.2 Å². The summed E-state index contributed by atoms with van der Waals surface area (Å²) < 4.78 is 119. The van der Waals surface area contributed by atoms with Crippen molar-refractivity contribution in [3.63, 3.8) is 0 Å². The molecule has 2 amide bonds. The molecule has 660 valence electrons. The van der Waals surface area contributed by atoms with Crippen LogP contribution in [-0.2, 0) is 75.3 Å². The molecule has 0 atom stereocenters. The monoisotopic (exact) mass is 1750 g/mol. The highest BCUT2D eigenvalue weighted by atomic mass is 32.2. The predicted octanol–water partition coefficient (Wildman–Crippen LogP) is 11.8. The summed E-state index contributed by atoms with van der Waals surface area (Å²) in [6.45, 7) is 15.7. The molecule has 15 rings (SSSR count). The lowest BCUT2D eigenvalue weighted by atomic mass is 9.84. The smallest absolute Gasteiger partial charge is 0.410 e. The Hall–Kier alpha value is -8.43. The molecule has 4 N–H and O–H groups in total. The molecule has 0 bridgehead atoms. The number of carbonyl (C=O) groups is 2. The maximum absolute atomic E-state index is 12.5. The Morgan fingerprint density at radius 3 is 1.01 bits per heavy atom. The van der Waals surface area contributed by atoms with Gasteiger partial charge in [-0.3, -0.25) is 4.79 Å². The second-order valence-corrected chi connectivity index (χ2v) is 41.5. The molecule has 0 unspecified atom stereocenters. The Morgan fingerprint density at radius 1 is 0.421 bits per heavy atom. The molecule has 4 aromatic carbocycles. The first kappa shape index (κ1) is 91.8. The number of hydrogen-bond donors (Lipinski definition) is 4. The average molecular weight is 1750 g/mol. The highest BCUT2D eigenvalue weighted by Crippen LogP contribution is 2.38. The SMILES string of the molecule is CNS(=O)(=O)c1ccc(CC2CCCCC2)c(-c2nnn(C3CCN(C(=O)OC(C)C)CC3)n2)c1.CNS(=O)(=O)c1ccc(CC2CCCCC2)c(-c2nnn(C3CCN(C(C)C)CC3)n2)c1.CNS(=O)(=O)c1ccc(CC2CCCCC2)c(-c2nnn(C3CN(C(C)=O)C3)n2)c1.CNS(=O)(=O)c1ccc(CC2CCCCC2)c(-c2noc(C)n2)c1. The van der Waals surface area contributed by atoms with Crippen molar-refractivity contribution >= 4 is 52.1 Å². The van der Waals surface area contributed by atoms with Crippen LogP contribution in [0.1, 0.15) is 235 Å². The van der Waals surface area contributed by atoms with Crippen LogP contribution in [0.3, 0.4) is 0 Å². The van der Waals surface area contributed by atoms with Crippen molar-refractivity contribution in [1.82, 2.24) is 104 Å². The van der Waals surface area contributed by atoms with Crippen LogP contribution in [0.2, 0.25) is 0 Å². The number of ether oxygens (including phenoxy) is 1. The van der Waals surface area contributed by atoms with Crippen molar-refractivity contribution in [2.24, 2.45) is 23.7 Å². The first-order chi connectivity index (χ1) is 58.0. The molecular formula is C84H123N21O12S4. The summed E-state index contributed by atoms with van der Waals surface area (Å²) in [5.41, 5.74) is 7.26. The zero-order chi connectivity index (χ0) is 86.2. The van der Waals surface area contributed by atoms with Gasteiger partial charge in [0.15, 0.2) is 0 Å². The summed E-state index contributed by atoms with van der Waals surface area (Å²) in [5, 5.41) is 43.7. The molecule has 121 heavy (non-hydrogen) atoms. The normalized spacial score (nSPS) is 18.3. The fourth-order valence-corrected chi connectivity index (χ4v) is 20.7. The second-order valence-electron chi connectivity index (χ2n) is 34.0. The lowest BCUT2D eigenvalue weighted by Gasteiger charge is -2.37. The van der Waals surface area contributed by atoms with E-state index in [2.05, 4.69) is 88.9 Å². The van der Waals surface area contributed by atoms with Gasteiger partial charge in [-0.05, 0) is 217 Å². The maximum Gasteiger partial charge on any atom is 0.410 e. The molecule has 4 aromatic heterocycles. The number of tetrazole rings is 3. The third-order valence-electron chi connectivity index (χ3n) is 24.9. The minimum Gasteiger partial charge on any atom is -0.447 e. The average Bonchev–Trinajstić information content (AvgIpc) is 1.77. The van der Waals surface area contributed by atoms with Crippen LogP contribution in [-0.4, -0.2) is 211 Å². The van der Waals surface area contributed by atoms with Gasteiger partial charge in [0.1, 0.15) is 6.04 Å². The molecule has 33 nitrogen and oxygen atoms in total. The molecule has 37 heteroatoms. The van der Waals surface area contributed by atoms with Gasteiger partial charge >= 0.3 is 6.09 Å². The largest absolute Gasteiger partial charge is 0.447 e. The number of aryl methyl sites for hydroxylation is 1. The fourth-order valence-electron chi connectivity index (χ4n) is 17.6. The standard InChI is InChI=1S/C24H36N6O4S.C23H36N6O2S.C20H28N6O3S.C17H23N3O3S/c1-17(2)34-24(31)29-13-11-20(12-14-29)30-27-23(26-28-30)22-16-21(35(32,33)25-3)10-9-19(22)15-18-7-5-4-6-8-18;1-17(2)28-13-11-20(12-14-28)29-26-23(25-27-29)22-16-21(32(30,31)24-3)10-9-19(22)15-18-7-5-4-6-8-18;1-14(27)25-12-17(13-25)26-23-20(22-24-26)19-11-18(30(28,29)21-2)9-8-16(19)10-15-6-4-3-5-7-15;1-12-19-17(20-23-12)16-11-15(24(21,22)18-2)9-8-14(16)10-13-6-4-3-5-7-13/h9-10,16-18,20,25H,4-8,11-15H2,1-3H3;9-10,16-18,20,24H,4-8,11-15H2,1-3H3;8-9,11,15,17,21H,3-7,10,12-13H2,1-2H3;8-9,11,13,18H,3-7,10H2,1-2H3. The summed E-state index contributed by atoms with van der Waals surface area (Å²) in [7, 11) is -8.58.